The molecule has 13 heavy (non-hydrogen) atoms. The SMILES string of the molecule is COC(C)(C)CC(=O)NCC(C)N. The molecule has 78 valence electrons. The number of carbonyl (C=O) groups is 1. The summed E-state index contributed by atoms with van der Waals surface area (Å²) < 4.78 is 5.12. The van der Waals surface area contributed by atoms with Gasteiger partial charge in [-0.2, -0.15) is 0 Å². The number of nitrogens with one attached hydrogen (secondary N) is 1. The zero-order chi connectivity index (χ0) is 10.5. The molecule has 0 aliphatic heterocycles. The monoisotopic (exact) mass is 188 g/mol. The highest BCUT2D eigenvalue weighted by molar-refractivity contribution is 5.76. The number of amides is 1. The molecule has 0 fully saturated rings. The summed E-state index contributed by atoms with van der Waals surface area (Å²) in [6, 6.07) is -0.00499. The summed E-state index contributed by atoms with van der Waals surface area (Å²) in [5.74, 6) is -0.0239. The van der Waals surface area contributed by atoms with Crippen LogP contribution in [0, 0.1) is 0 Å². The molecule has 3 N–H and O–H groups in total. The summed E-state index contributed by atoms with van der Waals surface area (Å²) in [5, 5.41) is 2.73. The maximum absolute atomic E-state index is 11.3. The molecule has 0 aliphatic carbocycles. The van der Waals surface area contributed by atoms with Gasteiger partial charge in [0.05, 0.1) is 12.0 Å². The minimum absolute atomic E-state index is 0.00499. The zero-order valence-corrected chi connectivity index (χ0v) is 8.89. The van der Waals surface area contributed by atoms with Gasteiger partial charge in [-0.3, -0.25) is 4.79 Å². The minimum atomic E-state index is -0.401. The highest BCUT2D eigenvalue weighted by atomic mass is 16.5. The molecule has 4 nitrogen and oxygen atoms in total. The lowest BCUT2D eigenvalue weighted by atomic mass is 10.1. The Labute approximate surface area is 79.8 Å². The van der Waals surface area contributed by atoms with Crippen LogP contribution in [0.5, 0.6) is 0 Å². The van der Waals surface area contributed by atoms with Crippen molar-refractivity contribution < 1.29 is 9.53 Å². The summed E-state index contributed by atoms with van der Waals surface area (Å²) >= 11 is 0. The van der Waals surface area contributed by atoms with Gasteiger partial charge in [0.2, 0.25) is 5.91 Å². The van der Waals surface area contributed by atoms with Crippen molar-refractivity contribution >= 4 is 5.91 Å². The van der Waals surface area contributed by atoms with Gasteiger partial charge < -0.3 is 15.8 Å². The van der Waals surface area contributed by atoms with E-state index in [9.17, 15) is 4.79 Å². The van der Waals surface area contributed by atoms with Gasteiger partial charge in [-0.1, -0.05) is 0 Å². The Morgan fingerprint density at radius 1 is 1.62 bits per heavy atom. The summed E-state index contributed by atoms with van der Waals surface area (Å²) in [4.78, 5) is 11.3. The largest absolute Gasteiger partial charge is 0.378 e. The number of methoxy groups -OCH3 is 1. The van der Waals surface area contributed by atoms with E-state index in [4.69, 9.17) is 10.5 Å². The number of rotatable bonds is 5. The van der Waals surface area contributed by atoms with Crippen molar-refractivity contribution in [3.8, 4) is 0 Å². The van der Waals surface area contributed by atoms with E-state index in [-0.39, 0.29) is 11.9 Å². The van der Waals surface area contributed by atoms with E-state index < -0.39 is 5.60 Å². The van der Waals surface area contributed by atoms with Crippen LogP contribution in [0.1, 0.15) is 27.2 Å². The van der Waals surface area contributed by atoms with Crippen molar-refractivity contribution in [2.45, 2.75) is 38.8 Å². The van der Waals surface area contributed by atoms with Gasteiger partial charge in [-0.25, -0.2) is 0 Å². The molecule has 0 aliphatic rings. The minimum Gasteiger partial charge on any atom is -0.378 e. The fourth-order valence-corrected chi connectivity index (χ4v) is 0.796. The van der Waals surface area contributed by atoms with E-state index in [1.54, 1.807) is 7.11 Å². The average Bonchev–Trinajstić information content (AvgIpc) is 2.00. The molecule has 0 rings (SSSR count). The number of nitrogens with two attached hydrogens (primary N) is 1. The van der Waals surface area contributed by atoms with Gasteiger partial charge in [0, 0.05) is 19.7 Å². The van der Waals surface area contributed by atoms with Gasteiger partial charge in [0.25, 0.3) is 0 Å². The lowest BCUT2D eigenvalue weighted by molar-refractivity contribution is -0.126. The second-order valence-corrected chi connectivity index (χ2v) is 3.92. The maximum atomic E-state index is 11.3. The van der Waals surface area contributed by atoms with Crippen molar-refractivity contribution in [2.24, 2.45) is 5.73 Å². The number of carbonyl (C=O) groups excluding carboxylic acids is 1. The van der Waals surface area contributed by atoms with Crippen LogP contribution in [0.15, 0.2) is 0 Å². The Hall–Kier alpha value is -0.610. The standard InChI is InChI=1S/C9H20N2O2/c1-7(10)6-11-8(12)5-9(2,3)13-4/h7H,5-6,10H2,1-4H3,(H,11,12). The highest BCUT2D eigenvalue weighted by Crippen LogP contribution is 2.11. The molecule has 0 heterocycles. The topological polar surface area (TPSA) is 64.3 Å². The van der Waals surface area contributed by atoms with Gasteiger partial charge in [-0.05, 0) is 20.8 Å². The third-order valence-corrected chi connectivity index (χ3v) is 1.76. The maximum Gasteiger partial charge on any atom is 0.222 e. The van der Waals surface area contributed by atoms with E-state index >= 15 is 0 Å². The first-order valence-electron chi connectivity index (χ1n) is 4.45. The molecule has 1 unspecified atom stereocenters. The summed E-state index contributed by atoms with van der Waals surface area (Å²) in [6.45, 7) is 6.11. The normalized spacial score (nSPS) is 13.9. The molecule has 1 amide bonds. The van der Waals surface area contributed by atoms with E-state index in [2.05, 4.69) is 5.32 Å². The molecule has 0 saturated heterocycles. The van der Waals surface area contributed by atoms with E-state index in [1.165, 1.54) is 0 Å². The highest BCUT2D eigenvalue weighted by Gasteiger charge is 2.20. The van der Waals surface area contributed by atoms with Gasteiger partial charge in [0.1, 0.15) is 0 Å². The van der Waals surface area contributed by atoms with Crippen LogP contribution in [0.25, 0.3) is 0 Å². The Kier molecular flexibility index (Phi) is 4.95. The molecule has 0 radical (unpaired) electrons. The predicted molar refractivity (Wildman–Crippen MR) is 52.4 cm³/mol. The molecule has 0 aromatic heterocycles. The fraction of sp³-hybridized carbons (Fsp3) is 0.889. The Bertz CT molecular complexity index is 167. The zero-order valence-electron chi connectivity index (χ0n) is 8.89. The first-order chi connectivity index (χ1) is 5.87. The van der Waals surface area contributed by atoms with Crippen LogP contribution >= 0.6 is 0 Å². The number of ether oxygens (including phenoxy) is 1. The predicted octanol–water partition coefficient (Wildman–Crippen LogP) is 0.265. The molecule has 0 aromatic carbocycles. The van der Waals surface area contributed by atoms with Crippen LogP contribution < -0.4 is 11.1 Å². The molecule has 4 heteroatoms. The quantitative estimate of drug-likeness (QED) is 0.650. The van der Waals surface area contributed by atoms with Crippen molar-refractivity contribution in [2.75, 3.05) is 13.7 Å². The van der Waals surface area contributed by atoms with Gasteiger partial charge in [-0.15, -0.1) is 0 Å². The Balaban J connectivity index is 3.74. The van der Waals surface area contributed by atoms with Crippen LogP contribution in [0.4, 0.5) is 0 Å². The Morgan fingerprint density at radius 3 is 2.54 bits per heavy atom. The number of hydrogen-bond donors (Lipinski definition) is 2. The summed E-state index contributed by atoms with van der Waals surface area (Å²) in [7, 11) is 1.60. The molecular weight excluding hydrogens is 168 g/mol. The first kappa shape index (κ1) is 12.4. The molecular formula is C9H20N2O2. The van der Waals surface area contributed by atoms with Crippen LogP contribution in [0.3, 0.4) is 0 Å². The Morgan fingerprint density at radius 2 is 2.15 bits per heavy atom. The van der Waals surface area contributed by atoms with Gasteiger partial charge in [0.15, 0.2) is 0 Å². The second-order valence-electron chi connectivity index (χ2n) is 3.92. The molecule has 1 atom stereocenters. The smallest absolute Gasteiger partial charge is 0.222 e. The second kappa shape index (κ2) is 5.19. The van der Waals surface area contributed by atoms with E-state index in [0.29, 0.717) is 13.0 Å². The van der Waals surface area contributed by atoms with Crippen molar-refractivity contribution in [1.29, 1.82) is 0 Å². The van der Waals surface area contributed by atoms with Crippen molar-refractivity contribution in [1.82, 2.24) is 5.32 Å². The third kappa shape index (κ3) is 6.54. The van der Waals surface area contributed by atoms with E-state index in [0.717, 1.165) is 0 Å². The first-order valence-corrected chi connectivity index (χ1v) is 4.45. The third-order valence-electron chi connectivity index (χ3n) is 1.76. The lowest BCUT2D eigenvalue weighted by Crippen LogP contribution is -2.39. The lowest BCUT2D eigenvalue weighted by Gasteiger charge is -2.22. The molecule has 0 spiro atoms. The molecule has 0 aromatic rings. The van der Waals surface area contributed by atoms with Crippen molar-refractivity contribution in [3.63, 3.8) is 0 Å². The average molecular weight is 188 g/mol. The van der Waals surface area contributed by atoms with Gasteiger partial charge >= 0.3 is 0 Å². The van der Waals surface area contributed by atoms with Crippen LogP contribution in [-0.2, 0) is 9.53 Å². The summed E-state index contributed by atoms with van der Waals surface area (Å²) in [5.41, 5.74) is 5.09. The fourth-order valence-electron chi connectivity index (χ4n) is 0.796. The molecule has 0 bridgehead atoms. The number of hydrogen-bond acceptors (Lipinski definition) is 3. The van der Waals surface area contributed by atoms with E-state index in [1.807, 2.05) is 20.8 Å². The summed E-state index contributed by atoms with van der Waals surface area (Å²) in [6.07, 6.45) is 0.357. The van der Waals surface area contributed by atoms with Crippen LogP contribution in [0.2, 0.25) is 0 Å². The van der Waals surface area contributed by atoms with Crippen molar-refractivity contribution in [3.05, 3.63) is 0 Å². The van der Waals surface area contributed by atoms with Crippen LogP contribution in [-0.4, -0.2) is 31.2 Å². The molecule has 0 saturated carbocycles.